The topological polar surface area (TPSA) is 61.9 Å². The molecule has 0 spiro atoms. The first kappa shape index (κ1) is 20.4. The summed E-state index contributed by atoms with van der Waals surface area (Å²) in [6.45, 7) is 8.71. The lowest BCUT2D eigenvalue weighted by molar-refractivity contribution is -0.121. The quantitative estimate of drug-likeness (QED) is 0.713. The smallest absolute Gasteiger partial charge is 0.224 e. The molecular formula is C20H31N3O3. The van der Waals surface area contributed by atoms with E-state index in [2.05, 4.69) is 29.1 Å². The van der Waals surface area contributed by atoms with Gasteiger partial charge in [-0.2, -0.15) is 0 Å². The summed E-state index contributed by atoms with van der Waals surface area (Å²) in [7, 11) is 3.71. The Kier molecular flexibility index (Phi) is 7.60. The van der Waals surface area contributed by atoms with Gasteiger partial charge in [0.2, 0.25) is 5.91 Å². The number of likely N-dealkylation sites (N-methyl/N-ethyl adjacent to an activating group) is 1. The van der Waals surface area contributed by atoms with Gasteiger partial charge in [-0.25, -0.2) is 0 Å². The van der Waals surface area contributed by atoms with Crippen LogP contribution in [0.15, 0.2) is 18.2 Å². The average Bonchev–Trinajstić information content (AvgIpc) is 2.62. The third-order valence-electron chi connectivity index (χ3n) is 4.97. The molecule has 0 aromatic heterocycles. The van der Waals surface area contributed by atoms with Crippen molar-refractivity contribution in [1.29, 1.82) is 0 Å². The first-order valence-corrected chi connectivity index (χ1v) is 9.31. The third kappa shape index (κ3) is 5.81. The van der Waals surface area contributed by atoms with Crippen LogP contribution < -0.4 is 10.1 Å². The number of nitrogens with one attached hydrogen (secondary N) is 1. The Balaban J connectivity index is 1.95. The zero-order valence-corrected chi connectivity index (χ0v) is 16.4. The fourth-order valence-electron chi connectivity index (χ4n) is 3.21. The molecule has 0 unspecified atom stereocenters. The molecule has 1 aliphatic rings. The van der Waals surface area contributed by atoms with E-state index in [4.69, 9.17) is 4.74 Å². The highest BCUT2D eigenvalue weighted by Gasteiger charge is 2.19. The van der Waals surface area contributed by atoms with E-state index in [9.17, 15) is 9.59 Å². The van der Waals surface area contributed by atoms with Gasteiger partial charge in [0.05, 0.1) is 13.5 Å². The molecule has 0 aliphatic carbocycles. The Morgan fingerprint density at radius 1 is 1.23 bits per heavy atom. The van der Waals surface area contributed by atoms with E-state index in [1.807, 2.05) is 0 Å². The van der Waals surface area contributed by atoms with Crippen LogP contribution in [0, 0.1) is 0 Å². The molecule has 1 aromatic rings. The van der Waals surface area contributed by atoms with Gasteiger partial charge in [0.1, 0.15) is 5.75 Å². The lowest BCUT2D eigenvalue weighted by Gasteiger charge is -2.34. The van der Waals surface area contributed by atoms with Crippen molar-refractivity contribution in [3.63, 3.8) is 0 Å². The van der Waals surface area contributed by atoms with Crippen LogP contribution in [-0.2, 0) is 11.2 Å². The zero-order chi connectivity index (χ0) is 19.1. The highest BCUT2D eigenvalue weighted by atomic mass is 16.5. The fourth-order valence-corrected chi connectivity index (χ4v) is 3.21. The molecule has 0 saturated carbocycles. The number of hydrogen-bond donors (Lipinski definition) is 1. The molecule has 1 saturated heterocycles. The molecular weight excluding hydrogens is 330 g/mol. The monoisotopic (exact) mass is 361 g/mol. The Morgan fingerprint density at radius 3 is 2.50 bits per heavy atom. The summed E-state index contributed by atoms with van der Waals surface area (Å²) < 4.78 is 5.34. The van der Waals surface area contributed by atoms with Crippen molar-refractivity contribution in [2.24, 2.45) is 0 Å². The highest BCUT2D eigenvalue weighted by molar-refractivity contribution is 5.94. The summed E-state index contributed by atoms with van der Waals surface area (Å²) in [5, 5.41) is 3.14. The number of ketones is 1. The molecule has 144 valence electrons. The molecule has 1 heterocycles. The van der Waals surface area contributed by atoms with Gasteiger partial charge >= 0.3 is 0 Å². The molecule has 1 aromatic carbocycles. The Bertz CT molecular complexity index is 625. The number of methoxy groups -OCH3 is 1. The number of nitrogens with zero attached hydrogens (tertiary/aromatic N) is 2. The van der Waals surface area contributed by atoms with Gasteiger partial charge in [0.15, 0.2) is 5.78 Å². The van der Waals surface area contributed by atoms with Crippen molar-refractivity contribution >= 4 is 11.7 Å². The molecule has 1 atom stereocenters. The van der Waals surface area contributed by atoms with Crippen molar-refractivity contribution in [3.8, 4) is 5.75 Å². The van der Waals surface area contributed by atoms with Crippen LogP contribution in [0.3, 0.4) is 0 Å². The minimum absolute atomic E-state index is 0.0178. The number of piperazine rings is 1. The van der Waals surface area contributed by atoms with Crippen LogP contribution in [0.4, 0.5) is 0 Å². The fraction of sp³-hybridized carbons (Fsp3) is 0.600. The molecule has 1 fully saturated rings. The Hall–Kier alpha value is -1.92. The predicted molar refractivity (Wildman–Crippen MR) is 103 cm³/mol. The normalized spacial score (nSPS) is 16.9. The summed E-state index contributed by atoms with van der Waals surface area (Å²) in [6.07, 6.45) is 1.10. The SMILES string of the molecule is CC[C@@H](CN1CCN(C)CC1)NC(=O)Cc1cc(C(C)=O)ccc1OC. The predicted octanol–water partition coefficient (Wildman–Crippen LogP) is 1.58. The number of hydrogen-bond acceptors (Lipinski definition) is 5. The number of ether oxygens (including phenoxy) is 1. The minimum atomic E-state index is -0.0371. The van der Waals surface area contributed by atoms with Crippen molar-refractivity contribution < 1.29 is 14.3 Å². The van der Waals surface area contributed by atoms with E-state index in [0.717, 1.165) is 44.7 Å². The van der Waals surface area contributed by atoms with Gasteiger partial charge in [-0.15, -0.1) is 0 Å². The molecule has 0 radical (unpaired) electrons. The van der Waals surface area contributed by atoms with Crippen LogP contribution in [0.5, 0.6) is 5.75 Å². The number of benzene rings is 1. The average molecular weight is 361 g/mol. The first-order valence-electron chi connectivity index (χ1n) is 9.31. The van der Waals surface area contributed by atoms with Gasteiger partial charge < -0.3 is 15.0 Å². The molecule has 0 bridgehead atoms. The van der Waals surface area contributed by atoms with E-state index >= 15 is 0 Å². The summed E-state index contributed by atoms with van der Waals surface area (Å²) in [6, 6.07) is 5.36. The van der Waals surface area contributed by atoms with Gasteiger partial charge in [-0.3, -0.25) is 14.5 Å². The van der Waals surface area contributed by atoms with E-state index in [0.29, 0.717) is 11.3 Å². The van der Waals surface area contributed by atoms with Gasteiger partial charge in [-0.1, -0.05) is 6.92 Å². The number of Topliss-reactive ketones (excluding diaryl/α,β-unsaturated/α-hetero) is 1. The summed E-state index contributed by atoms with van der Waals surface area (Å²) >= 11 is 0. The maximum absolute atomic E-state index is 12.5. The van der Waals surface area contributed by atoms with Gasteiger partial charge in [0, 0.05) is 49.9 Å². The van der Waals surface area contributed by atoms with Crippen LogP contribution in [-0.4, -0.2) is 74.4 Å². The minimum Gasteiger partial charge on any atom is -0.496 e. The van der Waals surface area contributed by atoms with Crippen LogP contribution in [0.25, 0.3) is 0 Å². The highest BCUT2D eigenvalue weighted by Crippen LogP contribution is 2.21. The van der Waals surface area contributed by atoms with Crippen LogP contribution >= 0.6 is 0 Å². The maximum Gasteiger partial charge on any atom is 0.224 e. The molecule has 6 heteroatoms. The second kappa shape index (κ2) is 9.69. The first-order chi connectivity index (χ1) is 12.4. The Labute approximate surface area is 156 Å². The number of carbonyl (C=O) groups excluding carboxylic acids is 2. The third-order valence-corrected chi connectivity index (χ3v) is 4.97. The summed E-state index contributed by atoms with van der Waals surface area (Å²) in [5.74, 6) is 0.582. The standard InChI is InChI=1S/C20H31N3O3/c1-5-18(14-23-10-8-22(3)9-11-23)21-20(25)13-17-12-16(15(2)24)6-7-19(17)26-4/h6-7,12,18H,5,8-11,13-14H2,1-4H3,(H,21,25)/t18-/m0/s1. The lowest BCUT2D eigenvalue weighted by atomic mass is 10.0. The molecule has 1 aliphatic heterocycles. The maximum atomic E-state index is 12.5. The van der Waals surface area contributed by atoms with Crippen molar-refractivity contribution in [1.82, 2.24) is 15.1 Å². The Morgan fingerprint density at radius 2 is 1.92 bits per heavy atom. The molecule has 26 heavy (non-hydrogen) atoms. The van der Waals surface area contributed by atoms with E-state index in [1.54, 1.807) is 25.3 Å². The van der Waals surface area contributed by atoms with Gasteiger partial charge in [0.25, 0.3) is 0 Å². The second-order valence-electron chi connectivity index (χ2n) is 7.04. The van der Waals surface area contributed by atoms with E-state index in [-0.39, 0.29) is 24.2 Å². The number of amides is 1. The molecule has 1 amide bonds. The van der Waals surface area contributed by atoms with Crippen molar-refractivity contribution in [2.45, 2.75) is 32.7 Å². The van der Waals surface area contributed by atoms with Gasteiger partial charge in [-0.05, 0) is 38.6 Å². The van der Waals surface area contributed by atoms with E-state index < -0.39 is 0 Å². The molecule has 1 N–H and O–H groups in total. The van der Waals surface area contributed by atoms with Crippen molar-refractivity contribution in [3.05, 3.63) is 29.3 Å². The van der Waals surface area contributed by atoms with Crippen molar-refractivity contribution in [2.75, 3.05) is 46.9 Å². The largest absolute Gasteiger partial charge is 0.496 e. The van der Waals surface area contributed by atoms with E-state index in [1.165, 1.54) is 6.92 Å². The van der Waals surface area contributed by atoms with Crippen LogP contribution in [0.2, 0.25) is 0 Å². The zero-order valence-electron chi connectivity index (χ0n) is 16.4. The summed E-state index contributed by atoms with van der Waals surface area (Å²) in [5.41, 5.74) is 1.34. The lowest BCUT2D eigenvalue weighted by Crippen LogP contribution is -2.50. The molecule has 6 nitrogen and oxygen atoms in total. The number of carbonyl (C=O) groups is 2. The number of rotatable bonds is 8. The second-order valence-corrected chi connectivity index (χ2v) is 7.04. The molecule has 2 rings (SSSR count). The van der Waals surface area contributed by atoms with Crippen LogP contribution in [0.1, 0.15) is 36.2 Å². The summed E-state index contributed by atoms with van der Waals surface area (Å²) in [4.78, 5) is 28.9.